The maximum Gasteiger partial charge on any atom is 0.218 e. The quantitative estimate of drug-likeness (QED) is 0.851. The summed E-state index contributed by atoms with van der Waals surface area (Å²) in [5.74, 6) is -1.60. The SMILES string of the molecule is CN(Cc1ccc(F)cc1F)S(=O)(=O)Cc1ccccc1. The number of halogens is 2. The monoisotopic (exact) mass is 311 g/mol. The minimum Gasteiger partial charge on any atom is -0.212 e. The van der Waals surface area contributed by atoms with Gasteiger partial charge in [0.25, 0.3) is 0 Å². The van der Waals surface area contributed by atoms with E-state index in [4.69, 9.17) is 0 Å². The van der Waals surface area contributed by atoms with Gasteiger partial charge in [0.2, 0.25) is 10.0 Å². The molecule has 0 atom stereocenters. The van der Waals surface area contributed by atoms with Gasteiger partial charge in [0, 0.05) is 25.2 Å². The second kappa shape index (κ2) is 6.32. The van der Waals surface area contributed by atoms with Crippen molar-refractivity contribution >= 4 is 10.0 Å². The van der Waals surface area contributed by atoms with Crippen molar-refractivity contribution in [1.82, 2.24) is 4.31 Å². The summed E-state index contributed by atoms with van der Waals surface area (Å²) in [7, 11) is -2.19. The molecule has 0 radical (unpaired) electrons. The Morgan fingerprint density at radius 1 is 1.05 bits per heavy atom. The molecule has 21 heavy (non-hydrogen) atoms. The number of nitrogens with zero attached hydrogens (tertiary/aromatic N) is 1. The van der Waals surface area contributed by atoms with Gasteiger partial charge in [-0.05, 0) is 11.6 Å². The van der Waals surface area contributed by atoms with Crippen molar-refractivity contribution in [3.63, 3.8) is 0 Å². The molecule has 2 aromatic rings. The maximum atomic E-state index is 13.6. The standard InChI is InChI=1S/C15H15F2NO2S/c1-18(10-13-7-8-14(16)9-15(13)17)21(19,20)11-12-5-3-2-4-6-12/h2-9H,10-11H2,1H3. The molecule has 3 nitrogen and oxygen atoms in total. The first kappa shape index (κ1) is 15.6. The summed E-state index contributed by atoms with van der Waals surface area (Å²) in [6.07, 6.45) is 0. The number of hydrogen-bond donors (Lipinski definition) is 0. The third kappa shape index (κ3) is 4.09. The van der Waals surface area contributed by atoms with Crippen LogP contribution in [0.15, 0.2) is 48.5 Å². The number of sulfonamides is 1. The molecule has 0 aliphatic carbocycles. The van der Waals surface area contributed by atoms with Crippen molar-refractivity contribution in [2.24, 2.45) is 0 Å². The first-order valence-electron chi connectivity index (χ1n) is 6.30. The third-order valence-electron chi connectivity index (χ3n) is 3.07. The van der Waals surface area contributed by atoms with Crippen molar-refractivity contribution in [1.29, 1.82) is 0 Å². The van der Waals surface area contributed by atoms with Gasteiger partial charge in [-0.2, -0.15) is 0 Å². The minimum atomic E-state index is -3.57. The molecule has 0 unspecified atom stereocenters. The Balaban J connectivity index is 2.13. The Bertz CT molecular complexity index is 718. The third-order valence-corrected chi connectivity index (χ3v) is 4.85. The second-order valence-electron chi connectivity index (χ2n) is 4.73. The van der Waals surface area contributed by atoms with Crippen molar-refractivity contribution in [3.05, 3.63) is 71.3 Å². The Morgan fingerprint density at radius 2 is 1.71 bits per heavy atom. The van der Waals surface area contributed by atoms with Crippen LogP contribution in [0.2, 0.25) is 0 Å². The Kier molecular flexibility index (Phi) is 4.69. The molecule has 0 saturated carbocycles. The van der Waals surface area contributed by atoms with Gasteiger partial charge in [-0.1, -0.05) is 36.4 Å². The summed E-state index contributed by atoms with van der Waals surface area (Å²) < 4.78 is 51.9. The van der Waals surface area contributed by atoms with Gasteiger partial charge in [0.1, 0.15) is 11.6 Å². The molecule has 0 aliphatic heterocycles. The van der Waals surface area contributed by atoms with Gasteiger partial charge in [-0.3, -0.25) is 0 Å². The van der Waals surface area contributed by atoms with E-state index in [-0.39, 0.29) is 17.9 Å². The van der Waals surface area contributed by atoms with E-state index in [0.717, 1.165) is 16.4 Å². The van der Waals surface area contributed by atoms with E-state index in [1.807, 2.05) is 0 Å². The second-order valence-corrected chi connectivity index (χ2v) is 6.81. The molecule has 0 fully saturated rings. The lowest BCUT2D eigenvalue weighted by Crippen LogP contribution is -2.28. The summed E-state index contributed by atoms with van der Waals surface area (Å²) in [6, 6.07) is 11.8. The van der Waals surface area contributed by atoms with Crippen LogP contribution in [-0.2, 0) is 22.3 Å². The van der Waals surface area contributed by atoms with Crippen molar-refractivity contribution in [3.8, 4) is 0 Å². The predicted octanol–water partition coefficient (Wildman–Crippen LogP) is 2.93. The molecular weight excluding hydrogens is 296 g/mol. The highest BCUT2D eigenvalue weighted by Gasteiger charge is 2.20. The van der Waals surface area contributed by atoms with Crippen molar-refractivity contribution in [2.75, 3.05) is 7.05 Å². The molecule has 2 aromatic carbocycles. The fourth-order valence-electron chi connectivity index (χ4n) is 1.88. The van der Waals surface area contributed by atoms with Gasteiger partial charge < -0.3 is 0 Å². The molecule has 112 valence electrons. The Labute approximate surface area is 122 Å². The molecule has 0 saturated heterocycles. The highest BCUT2D eigenvalue weighted by molar-refractivity contribution is 7.88. The van der Waals surface area contributed by atoms with Crippen LogP contribution in [0.1, 0.15) is 11.1 Å². The zero-order valence-corrected chi connectivity index (χ0v) is 12.3. The van der Waals surface area contributed by atoms with Gasteiger partial charge in [0.15, 0.2) is 0 Å². The van der Waals surface area contributed by atoms with Gasteiger partial charge in [0.05, 0.1) is 5.75 Å². The lowest BCUT2D eigenvalue weighted by atomic mass is 10.2. The number of benzene rings is 2. The van der Waals surface area contributed by atoms with Gasteiger partial charge >= 0.3 is 0 Å². The molecule has 2 rings (SSSR count). The van der Waals surface area contributed by atoms with Crippen LogP contribution in [0.4, 0.5) is 8.78 Å². The number of hydrogen-bond acceptors (Lipinski definition) is 2. The summed E-state index contributed by atoms with van der Waals surface area (Å²) in [5.41, 5.74) is 0.791. The lowest BCUT2D eigenvalue weighted by molar-refractivity contribution is 0.454. The summed E-state index contributed by atoms with van der Waals surface area (Å²) >= 11 is 0. The van der Waals surface area contributed by atoms with Crippen LogP contribution in [0.3, 0.4) is 0 Å². The zero-order valence-electron chi connectivity index (χ0n) is 11.5. The molecular formula is C15H15F2NO2S. The van der Waals surface area contributed by atoms with Crippen LogP contribution in [-0.4, -0.2) is 19.8 Å². The van der Waals surface area contributed by atoms with E-state index in [9.17, 15) is 17.2 Å². The predicted molar refractivity (Wildman–Crippen MR) is 76.9 cm³/mol. The molecule has 0 heterocycles. The summed E-state index contributed by atoms with van der Waals surface area (Å²) in [5, 5.41) is 0. The summed E-state index contributed by atoms with van der Waals surface area (Å²) in [4.78, 5) is 0. The van der Waals surface area contributed by atoms with Crippen molar-refractivity contribution < 1.29 is 17.2 Å². The van der Waals surface area contributed by atoms with E-state index in [1.165, 1.54) is 13.1 Å². The van der Waals surface area contributed by atoms with Gasteiger partial charge in [-0.25, -0.2) is 21.5 Å². The van der Waals surface area contributed by atoms with E-state index < -0.39 is 21.7 Å². The van der Waals surface area contributed by atoms with Gasteiger partial charge in [-0.15, -0.1) is 0 Å². The first-order chi connectivity index (χ1) is 9.88. The lowest BCUT2D eigenvalue weighted by Gasteiger charge is -2.17. The highest BCUT2D eigenvalue weighted by Crippen LogP contribution is 2.15. The molecule has 0 aliphatic rings. The van der Waals surface area contributed by atoms with Crippen LogP contribution in [0, 0.1) is 11.6 Å². The Morgan fingerprint density at radius 3 is 2.33 bits per heavy atom. The molecule has 0 spiro atoms. The molecule has 0 amide bonds. The topological polar surface area (TPSA) is 37.4 Å². The average molecular weight is 311 g/mol. The molecule has 0 aromatic heterocycles. The Hall–Kier alpha value is -1.79. The average Bonchev–Trinajstić information content (AvgIpc) is 2.42. The first-order valence-corrected chi connectivity index (χ1v) is 7.91. The largest absolute Gasteiger partial charge is 0.218 e. The minimum absolute atomic E-state index is 0.135. The van der Waals surface area contributed by atoms with E-state index >= 15 is 0 Å². The summed E-state index contributed by atoms with van der Waals surface area (Å²) in [6.45, 7) is -0.138. The molecule has 0 N–H and O–H groups in total. The van der Waals surface area contributed by atoms with E-state index in [2.05, 4.69) is 0 Å². The normalized spacial score (nSPS) is 11.8. The van der Waals surface area contributed by atoms with Crippen LogP contribution < -0.4 is 0 Å². The van der Waals surface area contributed by atoms with E-state index in [0.29, 0.717) is 5.56 Å². The smallest absolute Gasteiger partial charge is 0.212 e. The fourth-order valence-corrected chi connectivity index (χ4v) is 3.05. The maximum absolute atomic E-state index is 13.6. The van der Waals surface area contributed by atoms with Crippen LogP contribution in [0.25, 0.3) is 0 Å². The van der Waals surface area contributed by atoms with Crippen LogP contribution in [0.5, 0.6) is 0 Å². The fraction of sp³-hybridized carbons (Fsp3) is 0.200. The zero-order chi connectivity index (χ0) is 15.5. The molecule has 6 heteroatoms. The number of rotatable bonds is 5. The van der Waals surface area contributed by atoms with E-state index in [1.54, 1.807) is 30.3 Å². The molecule has 0 bridgehead atoms. The van der Waals surface area contributed by atoms with Crippen LogP contribution >= 0.6 is 0 Å². The van der Waals surface area contributed by atoms with Crippen molar-refractivity contribution in [2.45, 2.75) is 12.3 Å². The highest BCUT2D eigenvalue weighted by atomic mass is 32.2.